The first-order valence-corrected chi connectivity index (χ1v) is 6.82. The van der Waals surface area contributed by atoms with Crippen molar-refractivity contribution >= 4 is 11.9 Å². The second-order valence-corrected chi connectivity index (χ2v) is 5.42. The normalized spacial score (nSPS) is 31.9. The molecule has 0 aromatic rings. The zero-order valence-corrected chi connectivity index (χ0v) is 10.9. The Bertz CT molecular complexity index is 332. The maximum atomic E-state index is 11.3. The Hall–Kier alpha value is -1.10. The lowest BCUT2D eigenvalue weighted by Gasteiger charge is -2.32. The molecule has 1 aliphatic heterocycles. The first-order chi connectivity index (χ1) is 8.59. The molecular formula is C13H22N2O3. The molecule has 1 saturated heterocycles. The lowest BCUT2D eigenvalue weighted by molar-refractivity contribution is -0.142. The van der Waals surface area contributed by atoms with Crippen LogP contribution in [0.1, 0.15) is 39.0 Å². The number of nitrogens with one attached hydrogen (secondary N) is 1. The van der Waals surface area contributed by atoms with Crippen molar-refractivity contribution in [3.8, 4) is 0 Å². The highest BCUT2D eigenvalue weighted by atomic mass is 16.4. The summed E-state index contributed by atoms with van der Waals surface area (Å²) in [6.07, 6.45) is 5.47. The van der Waals surface area contributed by atoms with Gasteiger partial charge in [-0.15, -0.1) is 0 Å². The van der Waals surface area contributed by atoms with E-state index in [4.69, 9.17) is 0 Å². The zero-order chi connectivity index (χ0) is 13.1. The fraction of sp³-hybridized carbons (Fsp3) is 0.846. The van der Waals surface area contributed by atoms with E-state index in [0.717, 1.165) is 19.3 Å². The quantitative estimate of drug-likeness (QED) is 0.780. The van der Waals surface area contributed by atoms with Gasteiger partial charge in [0.15, 0.2) is 0 Å². The van der Waals surface area contributed by atoms with Gasteiger partial charge in [-0.05, 0) is 25.2 Å². The number of hydrogen-bond acceptors (Lipinski definition) is 3. The van der Waals surface area contributed by atoms with Crippen LogP contribution in [0.2, 0.25) is 0 Å². The standard InChI is InChI=1S/C13H22N2O3/c1-9(16)14-6-7-15-11-5-3-2-4-10(11)8-12(15)13(17)18/h10-12H,2-8H2,1H3,(H,14,16)(H,17,18). The maximum Gasteiger partial charge on any atom is 0.320 e. The van der Waals surface area contributed by atoms with Crippen molar-refractivity contribution < 1.29 is 14.7 Å². The highest BCUT2D eigenvalue weighted by molar-refractivity contribution is 5.74. The fourth-order valence-electron chi connectivity index (χ4n) is 3.48. The average Bonchev–Trinajstić information content (AvgIpc) is 2.68. The molecule has 5 nitrogen and oxygen atoms in total. The van der Waals surface area contributed by atoms with Crippen molar-refractivity contribution in [1.82, 2.24) is 10.2 Å². The number of hydrogen-bond donors (Lipinski definition) is 2. The van der Waals surface area contributed by atoms with Gasteiger partial charge >= 0.3 is 5.97 Å². The molecule has 0 aromatic carbocycles. The van der Waals surface area contributed by atoms with Gasteiger partial charge in [-0.2, -0.15) is 0 Å². The lowest BCUT2D eigenvalue weighted by Crippen LogP contribution is -2.45. The highest BCUT2D eigenvalue weighted by Crippen LogP contribution is 2.39. The van der Waals surface area contributed by atoms with Gasteiger partial charge in [-0.1, -0.05) is 12.8 Å². The first kappa shape index (κ1) is 13.3. The summed E-state index contributed by atoms with van der Waals surface area (Å²) in [5.74, 6) is -0.231. The van der Waals surface area contributed by atoms with Gasteiger partial charge in [-0.25, -0.2) is 0 Å². The van der Waals surface area contributed by atoms with Crippen molar-refractivity contribution in [2.24, 2.45) is 5.92 Å². The third kappa shape index (κ3) is 2.83. The molecule has 0 aromatic heterocycles. The van der Waals surface area contributed by atoms with Gasteiger partial charge in [0.05, 0.1) is 0 Å². The summed E-state index contributed by atoms with van der Waals surface area (Å²) in [6.45, 7) is 2.68. The number of amides is 1. The minimum absolute atomic E-state index is 0.0544. The predicted octanol–water partition coefficient (Wildman–Crippen LogP) is 0.840. The molecule has 1 saturated carbocycles. The van der Waals surface area contributed by atoms with Crippen LogP contribution < -0.4 is 5.32 Å². The summed E-state index contributed by atoms with van der Waals surface area (Å²) >= 11 is 0. The van der Waals surface area contributed by atoms with E-state index >= 15 is 0 Å². The summed E-state index contributed by atoms with van der Waals surface area (Å²) in [4.78, 5) is 24.3. The van der Waals surface area contributed by atoms with E-state index in [1.807, 2.05) is 0 Å². The Morgan fingerprint density at radius 1 is 1.33 bits per heavy atom. The number of carbonyl (C=O) groups excluding carboxylic acids is 1. The van der Waals surface area contributed by atoms with E-state index in [2.05, 4.69) is 10.2 Å². The van der Waals surface area contributed by atoms with E-state index in [1.165, 1.54) is 19.8 Å². The maximum absolute atomic E-state index is 11.3. The van der Waals surface area contributed by atoms with E-state index in [-0.39, 0.29) is 11.9 Å². The topological polar surface area (TPSA) is 69.6 Å². The lowest BCUT2D eigenvalue weighted by atomic mass is 9.85. The van der Waals surface area contributed by atoms with Crippen LogP contribution in [0, 0.1) is 5.92 Å². The van der Waals surface area contributed by atoms with Gasteiger partial charge in [0, 0.05) is 26.1 Å². The largest absolute Gasteiger partial charge is 0.480 e. The Labute approximate surface area is 108 Å². The van der Waals surface area contributed by atoms with Crippen LogP contribution in [0.5, 0.6) is 0 Å². The van der Waals surface area contributed by atoms with E-state index in [0.29, 0.717) is 25.0 Å². The molecule has 1 amide bonds. The molecule has 0 bridgehead atoms. The fourth-order valence-corrected chi connectivity index (χ4v) is 3.48. The number of aliphatic carboxylic acids is 1. The highest BCUT2D eigenvalue weighted by Gasteiger charge is 2.44. The average molecular weight is 254 g/mol. The predicted molar refractivity (Wildman–Crippen MR) is 67.2 cm³/mol. The molecule has 2 aliphatic rings. The van der Waals surface area contributed by atoms with E-state index < -0.39 is 5.97 Å². The van der Waals surface area contributed by atoms with E-state index in [9.17, 15) is 14.7 Å². The molecule has 0 radical (unpaired) electrons. The van der Waals surface area contributed by atoms with Gasteiger partial charge in [0.25, 0.3) is 0 Å². The number of likely N-dealkylation sites (tertiary alicyclic amines) is 1. The molecular weight excluding hydrogens is 232 g/mol. The third-order valence-corrected chi connectivity index (χ3v) is 4.25. The minimum atomic E-state index is -0.716. The van der Waals surface area contributed by atoms with Gasteiger partial charge < -0.3 is 10.4 Å². The molecule has 2 fully saturated rings. The summed E-state index contributed by atoms with van der Waals surface area (Å²) in [7, 11) is 0. The smallest absolute Gasteiger partial charge is 0.320 e. The first-order valence-electron chi connectivity index (χ1n) is 6.82. The van der Waals surface area contributed by atoms with Crippen molar-refractivity contribution in [1.29, 1.82) is 0 Å². The minimum Gasteiger partial charge on any atom is -0.480 e. The van der Waals surface area contributed by atoms with Gasteiger partial charge in [-0.3, -0.25) is 14.5 Å². The monoisotopic (exact) mass is 254 g/mol. The van der Waals surface area contributed by atoms with Gasteiger partial charge in [0.2, 0.25) is 5.91 Å². The van der Waals surface area contributed by atoms with Crippen molar-refractivity contribution in [3.63, 3.8) is 0 Å². The number of fused-ring (bicyclic) bond motifs is 1. The summed E-state index contributed by atoms with van der Waals surface area (Å²) in [5, 5.41) is 12.1. The van der Waals surface area contributed by atoms with Crippen LogP contribution in [0.4, 0.5) is 0 Å². The molecule has 1 heterocycles. The van der Waals surface area contributed by atoms with Crippen molar-refractivity contribution in [3.05, 3.63) is 0 Å². The van der Waals surface area contributed by atoms with Crippen LogP contribution in [-0.2, 0) is 9.59 Å². The number of nitrogens with zero attached hydrogens (tertiary/aromatic N) is 1. The summed E-state index contributed by atoms with van der Waals surface area (Å²) in [5.41, 5.74) is 0. The summed E-state index contributed by atoms with van der Waals surface area (Å²) < 4.78 is 0. The van der Waals surface area contributed by atoms with E-state index in [1.54, 1.807) is 0 Å². The third-order valence-electron chi connectivity index (χ3n) is 4.25. The molecule has 102 valence electrons. The number of carbonyl (C=O) groups is 2. The number of rotatable bonds is 4. The molecule has 18 heavy (non-hydrogen) atoms. The number of carboxylic acids is 1. The Morgan fingerprint density at radius 2 is 2.06 bits per heavy atom. The van der Waals surface area contributed by atoms with Crippen molar-refractivity contribution in [2.45, 2.75) is 51.1 Å². The SMILES string of the molecule is CC(=O)NCCN1C(C(=O)O)CC2CCCCC21. The van der Waals surface area contributed by atoms with Crippen LogP contribution >= 0.6 is 0 Å². The van der Waals surface area contributed by atoms with Gasteiger partial charge in [0.1, 0.15) is 6.04 Å². The molecule has 5 heteroatoms. The van der Waals surface area contributed by atoms with Crippen LogP contribution in [0.25, 0.3) is 0 Å². The number of carboxylic acid groups (broad SMARTS) is 1. The van der Waals surface area contributed by atoms with Crippen LogP contribution in [0.15, 0.2) is 0 Å². The molecule has 1 aliphatic carbocycles. The second-order valence-electron chi connectivity index (χ2n) is 5.42. The Kier molecular flexibility index (Phi) is 4.22. The summed E-state index contributed by atoms with van der Waals surface area (Å²) in [6, 6.07) is 0.0560. The molecule has 2 N–H and O–H groups in total. The van der Waals surface area contributed by atoms with Crippen molar-refractivity contribution in [2.75, 3.05) is 13.1 Å². The second kappa shape index (κ2) is 5.69. The Morgan fingerprint density at radius 3 is 2.72 bits per heavy atom. The molecule has 0 spiro atoms. The molecule has 3 atom stereocenters. The van der Waals surface area contributed by atoms with Crippen LogP contribution in [0.3, 0.4) is 0 Å². The van der Waals surface area contributed by atoms with Crippen LogP contribution in [-0.4, -0.2) is 47.1 Å². The molecule has 2 rings (SSSR count). The molecule has 3 unspecified atom stereocenters. The zero-order valence-electron chi connectivity index (χ0n) is 10.9. The Balaban J connectivity index is 1.97.